The van der Waals surface area contributed by atoms with Crippen LogP contribution in [-0.2, 0) is 32.8 Å². The fourth-order valence-electron chi connectivity index (χ4n) is 6.93. The Morgan fingerprint density at radius 1 is 0.854 bits per heavy atom. The second kappa shape index (κ2) is 10.2. The maximum absolute atomic E-state index is 14.6. The molecule has 2 amide bonds. The topological polar surface area (TPSA) is 95.9 Å². The molecule has 0 aliphatic carbocycles. The molecule has 0 bridgehead atoms. The van der Waals surface area contributed by atoms with Crippen molar-refractivity contribution in [3.05, 3.63) is 107 Å². The highest BCUT2D eigenvalue weighted by Gasteiger charge is 2.69. The van der Waals surface area contributed by atoms with Crippen LogP contribution in [0.4, 0.5) is 5.69 Å². The van der Waals surface area contributed by atoms with E-state index >= 15 is 0 Å². The molecule has 7 nitrogen and oxygen atoms in total. The highest BCUT2D eigenvalue weighted by atomic mass is 16.5. The molecule has 4 aromatic rings. The number of fused-ring (bicyclic) bond motifs is 2. The van der Waals surface area contributed by atoms with E-state index in [0.29, 0.717) is 29.8 Å². The van der Waals surface area contributed by atoms with Crippen LogP contribution in [-0.4, -0.2) is 30.0 Å². The number of aliphatic carboxylic acids is 1. The van der Waals surface area contributed by atoms with Gasteiger partial charge in [0.15, 0.2) is 5.54 Å². The Bertz CT molecular complexity index is 1660. The summed E-state index contributed by atoms with van der Waals surface area (Å²) in [6, 6.07) is 25.2. The van der Waals surface area contributed by atoms with Crippen molar-refractivity contribution < 1.29 is 24.2 Å². The normalized spacial score (nSPS) is 23.7. The summed E-state index contributed by atoms with van der Waals surface area (Å²) >= 11 is 0. The molecule has 2 fully saturated rings. The molecule has 0 saturated carbocycles. The second-order valence-electron chi connectivity index (χ2n) is 10.7. The third-order valence-electron chi connectivity index (χ3n) is 8.79. The molecule has 0 aromatic heterocycles. The molecular formula is C34H32N2O5. The van der Waals surface area contributed by atoms with Crippen LogP contribution in [0, 0.1) is 11.8 Å². The first-order chi connectivity index (χ1) is 19.9. The van der Waals surface area contributed by atoms with Gasteiger partial charge in [-0.3, -0.25) is 14.9 Å². The molecule has 208 valence electrons. The van der Waals surface area contributed by atoms with E-state index in [4.69, 9.17) is 4.74 Å². The fraction of sp³-hybridized carbons (Fsp3) is 0.265. The van der Waals surface area contributed by atoms with Gasteiger partial charge in [-0.25, -0.2) is 9.69 Å². The number of nitrogens with zero attached hydrogens (tertiary/aromatic N) is 1. The number of carbonyl (C=O) groups excluding carboxylic acids is 2. The van der Waals surface area contributed by atoms with E-state index < -0.39 is 35.3 Å². The summed E-state index contributed by atoms with van der Waals surface area (Å²) in [6.07, 6.45) is 1.26. The lowest BCUT2D eigenvalue weighted by Gasteiger charge is -2.32. The van der Waals surface area contributed by atoms with Crippen LogP contribution in [0.2, 0.25) is 0 Å². The minimum Gasteiger partial charge on any atom is -0.496 e. The molecule has 4 aromatic carbocycles. The van der Waals surface area contributed by atoms with Crippen molar-refractivity contribution in [3.63, 3.8) is 0 Å². The maximum atomic E-state index is 14.6. The van der Waals surface area contributed by atoms with Gasteiger partial charge in [-0.05, 0) is 46.5 Å². The van der Waals surface area contributed by atoms with Gasteiger partial charge in [0.2, 0.25) is 11.8 Å². The summed E-state index contributed by atoms with van der Waals surface area (Å²) in [4.78, 5) is 43.8. The summed E-state index contributed by atoms with van der Waals surface area (Å²) in [6.45, 7) is 3.98. The zero-order valence-electron chi connectivity index (χ0n) is 23.3. The molecule has 4 atom stereocenters. The van der Waals surface area contributed by atoms with Crippen LogP contribution in [0.3, 0.4) is 0 Å². The summed E-state index contributed by atoms with van der Waals surface area (Å²) < 4.78 is 5.60. The van der Waals surface area contributed by atoms with Gasteiger partial charge in [0.05, 0.1) is 24.6 Å². The van der Waals surface area contributed by atoms with Gasteiger partial charge in [-0.1, -0.05) is 92.7 Å². The number of ether oxygens (including phenoxy) is 1. The molecule has 2 saturated heterocycles. The number of amides is 2. The van der Waals surface area contributed by atoms with E-state index in [1.165, 1.54) is 4.90 Å². The third-order valence-corrected chi connectivity index (χ3v) is 8.79. The molecule has 6 rings (SSSR count). The third kappa shape index (κ3) is 3.79. The van der Waals surface area contributed by atoms with Gasteiger partial charge in [-0.15, -0.1) is 0 Å². The number of carboxylic acids is 1. The van der Waals surface area contributed by atoms with Gasteiger partial charge in [0, 0.05) is 11.4 Å². The number of rotatable bonds is 7. The Morgan fingerprint density at radius 2 is 1.49 bits per heavy atom. The molecule has 2 heterocycles. The molecular weight excluding hydrogens is 516 g/mol. The molecule has 2 aliphatic heterocycles. The predicted octanol–water partition coefficient (Wildman–Crippen LogP) is 5.40. The number of para-hydroxylation sites is 1. The second-order valence-corrected chi connectivity index (χ2v) is 10.7. The van der Waals surface area contributed by atoms with Gasteiger partial charge >= 0.3 is 5.97 Å². The van der Waals surface area contributed by atoms with Gasteiger partial charge in [0.25, 0.3) is 0 Å². The Hall–Kier alpha value is -4.49. The Morgan fingerprint density at radius 3 is 2.10 bits per heavy atom. The molecule has 0 radical (unpaired) electrons. The Balaban J connectivity index is 1.62. The minimum absolute atomic E-state index is 0.382. The number of imide groups is 1. The quantitative estimate of drug-likeness (QED) is 0.300. The Kier molecular flexibility index (Phi) is 6.62. The molecule has 0 spiro atoms. The summed E-state index contributed by atoms with van der Waals surface area (Å²) in [5.41, 5.74) is 1.72. The smallest absolute Gasteiger partial charge is 0.329 e. The fourth-order valence-corrected chi connectivity index (χ4v) is 6.93. The predicted molar refractivity (Wildman–Crippen MR) is 157 cm³/mol. The highest BCUT2D eigenvalue weighted by Crippen LogP contribution is 2.55. The lowest BCUT2D eigenvalue weighted by Crippen LogP contribution is -2.53. The van der Waals surface area contributed by atoms with Crippen molar-refractivity contribution in [2.45, 2.75) is 38.3 Å². The monoisotopic (exact) mass is 548 g/mol. The standard InChI is InChI=1S/C34H32N2O5/c1-4-20-12-11-13-21(5-2)30(20)36-31(37)27-28(32(36)38)34(33(39)40,22-14-7-6-8-15-22)35-29(27)25-18-19-26(41-3)24-17-10-9-16-23(24)25/h6-19,27-29,35H,4-5H2,1-3H3,(H,39,40). The van der Waals surface area contributed by atoms with Crippen molar-refractivity contribution in [2.24, 2.45) is 11.8 Å². The lowest BCUT2D eigenvalue weighted by atomic mass is 9.75. The average Bonchev–Trinajstić information content (AvgIpc) is 3.50. The molecule has 2 aliphatic rings. The summed E-state index contributed by atoms with van der Waals surface area (Å²) in [7, 11) is 1.60. The number of carboxylic acid groups (broad SMARTS) is 1. The first kappa shape index (κ1) is 26.7. The van der Waals surface area contributed by atoms with E-state index in [2.05, 4.69) is 5.32 Å². The maximum Gasteiger partial charge on any atom is 0.329 e. The van der Waals surface area contributed by atoms with Crippen LogP contribution in [0.25, 0.3) is 10.8 Å². The lowest BCUT2D eigenvalue weighted by molar-refractivity contribution is -0.149. The van der Waals surface area contributed by atoms with Crippen LogP contribution in [0.5, 0.6) is 5.75 Å². The number of nitrogens with one attached hydrogen (secondary N) is 1. The van der Waals surface area contributed by atoms with Gasteiger partial charge < -0.3 is 9.84 Å². The van der Waals surface area contributed by atoms with Gasteiger partial charge in [0.1, 0.15) is 5.75 Å². The SMILES string of the molecule is CCc1cccc(CC)c1N1C(=O)C2C(c3ccc(OC)c4ccccc34)NC(C(=O)O)(c3ccccc3)C2C1=O. The highest BCUT2D eigenvalue weighted by molar-refractivity contribution is 6.25. The molecule has 2 N–H and O–H groups in total. The van der Waals surface area contributed by atoms with Crippen LogP contribution in [0.15, 0.2) is 84.9 Å². The van der Waals surface area contributed by atoms with Crippen molar-refractivity contribution in [1.29, 1.82) is 0 Å². The molecule has 4 unspecified atom stereocenters. The number of hydrogen-bond donors (Lipinski definition) is 2. The van der Waals surface area contributed by atoms with E-state index in [0.717, 1.165) is 27.5 Å². The van der Waals surface area contributed by atoms with E-state index in [-0.39, 0.29) is 5.91 Å². The van der Waals surface area contributed by atoms with Crippen molar-refractivity contribution >= 4 is 34.2 Å². The van der Waals surface area contributed by atoms with Crippen molar-refractivity contribution in [1.82, 2.24) is 5.32 Å². The number of benzene rings is 4. The molecule has 41 heavy (non-hydrogen) atoms. The zero-order valence-corrected chi connectivity index (χ0v) is 23.3. The number of anilines is 1. The average molecular weight is 549 g/mol. The van der Waals surface area contributed by atoms with Crippen LogP contribution >= 0.6 is 0 Å². The van der Waals surface area contributed by atoms with E-state index in [1.807, 2.05) is 68.4 Å². The number of hydrogen-bond acceptors (Lipinski definition) is 5. The van der Waals surface area contributed by atoms with Gasteiger partial charge in [-0.2, -0.15) is 0 Å². The summed E-state index contributed by atoms with van der Waals surface area (Å²) in [5.74, 6) is -3.49. The van der Waals surface area contributed by atoms with Crippen LogP contribution in [0.1, 0.15) is 42.1 Å². The largest absolute Gasteiger partial charge is 0.496 e. The number of carbonyl (C=O) groups is 3. The van der Waals surface area contributed by atoms with Crippen LogP contribution < -0.4 is 15.0 Å². The molecule has 7 heteroatoms. The van der Waals surface area contributed by atoms with E-state index in [1.54, 1.807) is 37.4 Å². The Labute approximate surface area is 238 Å². The first-order valence-corrected chi connectivity index (χ1v) is 14.0. The zero-order chi connectivity index (χ0) is 28.9. The number of aryl methyl sites for hydroxylation is 2. The number of methoxy groups -OCH3 is 1. The summed E-state index contributed by atoms with van der Waals surface area (Å²) in [5, 5.41) is 15.9. The van der Waals surface area contributed by atoms with E-state index in [9.17, 15) is 19.5 Å². The first-order valence-electron chi connectivity index (χ1n) is 14.0. The minimum atomic E-state index is -1.81. The van der Waals surface area contributed by atoms with Crippen molar-refractivity contribution in [3.8, 4) is 5.75 Å². The van der Waals surface area contributed by atoms with Crippen molar-refractivity contribution in [2.75, 3.05) is 12.0 Å².